The van der Waals surface area contributed by atoms with Crippen molar-refractivity contribution in [3.8, 4) is 0 Å². The second-order valence-electron chi connectivity index (χ2n) is 3.49. The Hall–Kier alpha value is -1.33. The number of nitrogens with one attached hydrogen (secondary N) is 1. The van der Waals surface area contributed by atoms with Crippen LogP contribution < -0.4 is 11.1 Å². The van der Waals surface area contributed by atoms with Crippen molar-refractivity contribution in [3.63, 3.8) is 0 Å². The highest BCUT2D eigenvalue weighted by atomic mass is 79.9. The molecule has 1 aromatic carbocycles. The van der Waals surface area contributed by atoms with Crippen molar-refractivity contribution in [3.05, 3.63) is 50.6 Å². The number of amides is 1. The average molecular weight is 311 g/mol. The Morgan fingerprint density at radius 2 is 2.06 bits per heavy atom. The lowest BCUT2D eigenvalue weighted by Crippen LogP contribution is -2.22. The number of rotatable bonds is 3. The lowest BCUT2D eigenvalue weighted by atomic mass is 10.2. The number of carbonyl (C=O) groups excluding carboxylic acids is 1. The van der Waals surface area contributed by atoms with Crippen LogP contribution in [0, 0.1) is 0 Å². The molecule has 0 aliphatic heterocycles. The molecular weight excluding hydrogens is 300 g/mol. The van der Waals surface area contributed by atoms with Crippen molar-refractivity contribution in [2.45, 2.75) is 6.54 Å². The number of hydrogen-bond acceptors (Lipinski definition) is 3. The van der Waals surface area contributed by atoms with Gasteiger partial charge in [-0.1, -0.05) is 18.2 Å². The van der Waals surface area contributed by atoms with Gasteiger partial charge in [0.2, 0.25) is 0 Å². The summed E-state index contributed by atoms with van der Waals surface area (Å²) in [5, 5.41) is 2.84. The van der Waals surface area contributed by atoms with Gasteiger partial charge >= 0.3 is 0 Å². The molecule has 1 amide bonds. The molecular formula is C12H11BrN2OS. The lowest BCUT2D eigenvalue weighted by molar-refractivity contribution is 0.0955. The zero-order chi connectivity index (χ0) is 12.3. The van der Waals surface area contributed by atoms with Crippen LogP contribution in [0.15, 0.2) is 40.2 Å². The molecule has 0 radical (unpaired) electrons. The molecule has 0 saturated carbocycles. The number of hydrogen-bond donors (Lipinski definition) is 2. The first-order valence-electron chi connectivity index (χ1n) is 5.04. The monoisotopic (exact) mass is 310 g/mol. The van der Waals surface area contributed by atoms with Gasteiger partial charge < -0.3 is 11.1 Å². The fourth-order valence-corrected chi connectivity index (χ4v) is 2.70. The molecule has 5 heteroatoms. The third kappa shape index (κ3) is 3.08. The topological polar surface area (TPSA) is 55.1 Å². The largest absolute Gasteiger partial charge is 0.398 e. The van der Waals surface area contributed by atoms with E-state index < -0.39 is 0 Å². The summed E-state index contributed by atoms with van der Waals surface area (Å²) in [7, 11) is 0. The Kier molecular flexibility index (Phi) is 3.81. The van der Waals surface area contributed by atoms with Crippen LogP contribution in [0.3, 0.4) is 0 Å². The lowest BCUT2D eigenvalue weighted by Gasteiger charge is -2.06. The minimum Gasteiger partial charge on any atom is -0.398 e. The first kappa shape index (κ1) is 12.1. The molecule has 1 heterocycles. The standard InChI is InChI=1S/C12H11BrN2OS/c13-11-6-5-10(17-11)12(16)15-7-8-3-1-2-4-9(8)14/h1-6H,7,14H2,(H,15,16). The van der Waals surface area contributed by atoms with E-state index in [4.69, 9.17) is 5.73 Å². The van der Waals surface area contributed by atoms with Crippen molar-refractivity contribution in [2.75, 3.05) is 5.73 Å². The SMILES string of the molecule is Nc1ccccc1CNC(=O)c1ccc(Br)s1. The summed E-state index contributed by atoms with van der Waals surface area (Å²) < 4.78 is 0.946. The Labute approximate surface area is 112 Å². The maximum absolute atomic E-state index is 11.8. The maximum atomic E-state index is 11.8. The van der Waals surface area contributed by atoms with Gasteiger partial charge in [-0.25, -0.2) is 0 Å². The van der Waals surface area contributed by atoms with Crippen molar-refractivity contribution >= 4 is 38.9 Å². The molecule has 0 bridgehead atoms. The van der Waals surface area contributed by atoms with Crippen LogP contribution >= 0.6 is 27.3 Å². The molecule has 88 valence electrons. The predicted octanol–water partition coefficient (Wildman–Crippen LogP) is 3.02. The highest BCUT2D eigenvalue weighted by Gasteiger charge is 2.08. The van der Waals surface area contributed by atoms with Crippen LogP contribution in [0.1, 0.15) is 15.2 Å². The van der Waals surface area contributed by atoms with Crippen molar-refractivity contribution in [1.82, 2.24) is 5.32 Å². The van der Waals surface area contributed by atoms with Crippen molar-refractivity contribution in [2.24, 2.45) is 0 Å². The fourth-order valence-electron chi connectivity index (χ4n) is 1.39. The summed E-state index contributed by atoms with van der Waals surface area (Å²) in [4.78, 5) is 12.5. The molecule has 0 atom stereocenters. The third-order valence-corrected chi connectivity index (χ3v) is 3.91. The first-order valence-corrected chi connectivity index (χ1v) is 6.64. The summed E-state index contributed by atoms with van der Waals surface area (Å²) in [5.41, 5.74) is 7.42. The average Bonchev–Trinajstić information content (AvgIpc) is 2.74. The molecule has 17 heavy (non-hydrogen) atoms. The zero-order valence-electron chi connectivity index (χ0n) is 8.94. The molecule has 1 aromatic heterocycles. The Morgan fingerprint density at radius 1 is 1.29 bits per heavy atom. The first-order chi connectivity index (χ1) is 8.16. The van der Waals surface area contributed by atoms with Gasteiger partial charge in [0.1, 0.15) is 0 Å². The van der Waals surface area contributed by atoms with Gasteiger partial charge in [0, 0.05) is 12.2 Å². The van der Waals surface area contributed by atoms with E-state index in [2.05, 4.69) is 21.2 Å². The third-order valence-electron chi connectivity index (χ3n) is 2.29. The van der Waals surface area contributed by atoms with Gasteiger partial charge in [-0.05, 0) is 39.7 Å². The summed E-state index contributed by atoms with van der Waals surface area (Å²) in [5.74, 6) is -0.0797. The fraction of sp³-hybridized carbons (Fsp3) is 0.0833. The van der Waals surface area contributed by atoms with Crippen molar-refractivity contribution in [1.29, 1.82) is 0 Å². The minimum atomic E-state index is -0.0797. The van der Waals surface area contributed by atoms with Crippen LogP contribution in [0.4, 0.5) is 5.69 Å². The minimum absolute atomic E-state index is 0.0797. The number of benzene rings is 1. The van der Waals surface area contributed by atoms with E-state index in [1.807, 2.05) is 30.3 Å². The van der Waals surface area contributed by atoms with Gasteiger partial charge in [-0.3, -0.25) is 4.79 Å². The molecule has 0 saturated heterocycles. The second kappa shape index (κ2) is 5.33. The van der Waals surface area contributed by atoms with Crippen LogP contribution in [-0.2, 0) is 6.54 Å². The number of anilines is 1. The van der Waals surface area contributed by atoms with Crippen LogP contribution in [0.25, 0.3) is 0 Å². The summed E-state index contributed by atoms with van der Waals surface area (Å²) >= 11 is 4.74. The van der Waals surface area contributed by atoms with Gasteiger partial charge in [-0.2, -0.15) is 0 Å². The van der Waals surface area contributed by atoms with Gasteiger partial charge in [0.05, 0.1) is 8.66 Å². The molecule has 0 unspecified atom stereocenters. The molecule has 3 nitrogen and oxygen atoms in total. The van der Waals surface area contributed by atoms with E-state index in [0.29, 0.717) is 17.1 Å². The molecule has 0 aliphatic rings. The van der Waals surface area contributed by atoms with E-state index in [1.165, 1.54) is 11.3 Å². The number of nitrogen functional groups attached to an aromatic ring is 1. The van der Waals surface area contributed by atoms with Gasteiger partial charge in [-0.15, -0.1) is 11.3 Å². The molecule has 0 fully saturated rings. The second-order valence-corrected chi connectivity index (χ2v) is 5.95. The Bertz CT molecular complexity index is 539. The normalized spacial score (nSPS) is 10.2. The van der Waals surface area contributed by atoms with Crippen molar-refractivity contribution < 1.29 is 4.79 Å². The van der Waals surface area contributed by atoms with Gasteiger partial charge in [0.25, 0.3) is 5.91 Å². The Morgan fingerprint density at radius 3 is 2.71 bits per heavy atom. The smallest absolute Gasteiger partial charge is 0.261 e. The van der Waals surface area contributed by atoms with Crippen LogP contribution in [-0.4, -0.2) is 5.91 Å². The number of carbonyl (C=O) groups is 1. The Balaban J connectivity index is 1.99. The molecule has 2 rings (SSSR count). The highest BCUT2D eigenvalue weighted by molar-refractivity contribution is 9.11. The van der Waals surface area contributed by atoms with E-state index in [-0.39, 0.29) is 5.91 Å². The number of halogens is 1. The number of nitrogens with two attached hydrogens (primary N) is 1. The highest BCUT2D eigenvalue weighted by Crippen LogP contribution is 2.22. The zero-order valence-corrected chi connectivity index (χ0v) is 11.3. The van der Waals surface area contributed by atoms with E-state index >= 15 is 0 Å². The molecule has 3 N–H and O–H groups in total. The maximum Gasteiger partial charge on any atom is 0.261 e. The summed E-state index contributed by atoms with van der Waals surface area (Å²) in [6.07, 6.45) is 0. The predicted molar refractivity (Wildman–Crippen MR) is 74.0 cm³/mol. The molecule has 0 aliphatic carbocycles. The van der Waals surface area contributed by atoms with E-state index in [9.17, 15) is 4.79 Å². The summed E-state index contributed by atoms with van der Waals surface area (Å²) in [6.45, 7) is 0.445. The molecule has 0 spiro atoms. The quantitative estimate of drug-likeness (QED) is 0.856. The summed E-state index contributed by atoms with van der Waals surface area (Å²) in [6, 6.07) is 11.1. The molecule has 2 aromatic rings. The van der Waals surface area contributed by atoms with E-state index in [0.717, 1.165) is 9.35 Å². The van der Waals surface area contributed by atoms with Crippen LogP contribution in [0.2, 0.25) is 0 Å². The van der Waals surface area contributed by atoms with Gasteiger partial charge in [0.15, 0.2) is 0 Å². The van der Waals surface area contributed by atoms with E-state index in [1.54, 1.807) is 6.07 Å². The number of thiophene rings is 1. The van der Waals surface area contributed by atoms with Crippen LogP contribution in [0.5, 0.6) is 0 Å². The number of para-hydroxylation sites is 1.